The number of carbonyl (C=O) groups is 1. The van der Waals surface area contributed by atoms with Crippen LogP contribution in [0.3, 0.4) is 0 Å². The number of amides is 2. The molecule has 0 aliphatic carbocycles. The molecule has 1 heterocycles. The lowest BCUT2D eigenvalue weighted by Crippen LogP contribution is -2.43. The molecule has 0 unspecified atom stereocenters. The Balaban J connectivity index is 2.39. The molecule has 2 amide bonds. The Morgan fingerprint density at radius 1 is 1.31 bits per heavy atom. The summed E-state index contributed by atoms with van der Waals surface area (Å²) >= 11 is 0. The predicted octanol–water partition coefficient (Wildman–Crippen LogP) is 2.55. The van der Waals surface area contributed by atoms with Gasteiger partial charge in [0, 0.05) is 6.54 Å². The largest absolute Gasteiger partial charge is 0.341 e. The van der Waals surface area contributed by atoms with Crippen LogP contribution in [-0.2, 0) is 4.84 Å². The molecule has 1 rings (SSSR count). The van der Waals surface area contributed by atoms with E-state index in [-0.39, 0.29) is 11.4 Å². The first kappa shape index (κ1) is 13.3. The van der Waals surface area contributed by atoms with Gasteiger partial charge in [0.2, 0.25) is 0 Å². The van der Waals surface area contributed by atoms with Crippen molar-refractivity contribution in [1.82, 2.24) is 10.4 Å². The van der Waals surface area contributed by atoms with Gasteiger partial charge >= 0.3 is 6.03 Å². The number of urea groups is 1. The van der Waals surface area contributed by atoms with Gasteiger partial charge in [0.05, 0.1) is 13.2 Å². The van der Waals surface area contributed by atoms with E-state index in [1.807, 2.05) is 0 Å². The van der Waals surface area contributed by atoms with Crippen molar-refractivity contribution in [3.8, 4) is 0 Å². The maximum atomic E-state index is 11.7. The minimum Gasteiger partial charge on any atom is -0.336 e. The molecule has 4 heteroatoms. The third kappa shape index (κ3) is 3.11. The number of rotatable bonds is 5. The molecule has 0 atom stereocenters. The number of hydrogen-bond acceptors (Lipinski definition) is 2. The second kappa shape index (κ2) is 6.09. The zero-order valence-electron chi connectivity index (χ0n) is 10.7. The van der Waals surface area contributed by atoms with Gasteiger partial charge in [-0.05, 0) is 31.1 Å². The van der Waals surface area contributed by atoms with Gasteiger partial charge in [-0.25, -0.2) is 9.86 Å². The first-order chi connectivity index (χ1) is 7.67. The van der Waals surface area contributed by atoms with Crippen LogP contribution >= 0.6 is 0 Å². The van der Waals surface area contributed by atoms with Gasteiger partial charge in [-0.2, -0.15) is 0 Å². The number of carbonyl (C=O) groups excluding carboxylic acids is 1. The molecule has 0 radical (unpaired) electrons. The maximum absolute atomic E-state index is 11.7. The summed E-state index contributed by atoms with van der Waals surface area (Å²) in [5, 5.41) is 4.42. The smallest absolute Gasteiger partial charge is 0.336 e. The fraction of sp³-hybridized carbons (Fsp3) is 0.917. The Kier molecular flexibility index (Phi) is 5.06. The van der Waals surface area contributed by atoms with Gasteiger partial charge in [0.25, 0.3) is 0 Å². The third-order valence-electron chi connectivity index (χ3n) is 3.84. The standard InChI is InChI=1S/C12H24N2O2/c1-4-12(5-2,6-3)10-13-11(15)14-8-7-9-16-14/h4-10H2,1-3H3,(H,13,15). The monoisotopic (exact) mass is 228 g/mol. The summed E-state index contributed by atoms with van der Waals surface area (Å²) in [5.41, 5.74) is 0.245. The molecule has 0 spiro atoms. The van der Waals surface area contributed by atoms with Gasteiger partial charge in [0.1, 0.15) is 0 Å². The first-order valence-corrected chi connectivity index (χ1v) is 6.35. The maximum Gasteiger partial charge on any atom is 0.341 e. The summed E-state index contributed by atoms with van der Waals surface area (Å²) in [6.45, 7) is 8.68. The highest BCUT2D eigenvalue weighted by Crippen LogP contribution is 2.29. The molecule has 0 aromatic carbocycles. The normalized spacial score (nSPS) is 16.6. The highest BCUT2D eigenvalue weighted by atomic mass is 16.7. The number of nitrogens with zero attached hydrogens (tertiary/aromatic N) is 1. The average molecular weight is 228 g/mol. The van der Waals surface area contributed by atoms with E-state index in [0.29, 0.717) is 13.2 Å². The average Bonchev–Trinajstić information content (AvgIpc) is 2.85. The molecule has 0 aromatic heterocycles. The van der Waals surface area contributed by atoms with Gasteiger partial charge in [-0.15, -0.1) is 0 Å². The van der Waals surface area contributed by atoms with Crippen molar-refractivity contribution in [3.05, 3.63) is 0 Å². The molecule has 0 bridgehead atoms. The zero-order chi connectivity index (χ0) is 12.0. The van der Waals surface area contributed by atoms with E-state index in [0.717, 1.165) is 32.2 Å². The van der Waals surface area contributed by atoms with Crippen molar-refractivity contribution in [1.29, 1.82) is 0 Å². The van der Waals surface area contributed by atoms with Gasteiger partial charge in [-0.1, -0.05) is 20.8 Å². The Hall–Kier alpha value is -0.770. The number of hydroxylamine groups is 2. The minimum atomic E-state index is -0.0859. The number of nitrogens with one attached hydrogen (secondary N) is 1. The lowest BCUT2D eigenvalue weighted by molar-refractivity contribution is -0.0669. The summed E-state index contributed by atoms with van der Waals surface area (Å²) in [7, 11) is 0. The quantitative estimate of drug-likeness (QED) is 0.785. The van der Waals surface area contributed by atoms with Crippen LogP contribution in [0, 0.1) is 5.41 Å². The number of hydrogen-bond donors (Lipinski definition) is 1. The Morgan fingerprint density at radius 3 is 2.38 bits per heavy atom. The van der Waals surface area contributed by atoms with Crippen LogP contribution in [0.1, 0.15) is 46.5 Å². The van der Waals surface area contributed by atoms with Crippen LogP contribution in [0.5, 0.6) is 0 Å². The van der Waals surface area contributed by atoms with Crippen LogP contribution in [0.4, 0.5) is 4.79 Å². The Morgan fingerprint density at radius 2 is 1.94 bits per heavy atom. The fourth-order valence-corrected chi connectivity index (χ4v) is 2.08. The highest BCUT2D eigenvalue weighted by Gasteiger charge is 2.26. The Bertz CT molecular complexity index is 213. The van der Waals surface area contributed by atoms with E-state index < -0.39 is 0 Å². The first-order valence-electron chi connectivity index (χ1n) is 6.35. The lowest BCUT2D eigenvalue weighted by atomic mass is 9.80. The predicted molar refractivity (Wildman–Crippen MR) is 64.0 cm³/mol. The van der Waals surface area contributed by atoms with Gasteiger partial charge < -0.3 is 5.32 Å². The van der Waals surface area contributed by atoms with E-state index in [9.17, 15) is 4.79 Å². The SMILES string of the molecule is CCC(CC)(CC)CNC(=O)N1CCCO1. The minimum absolute atomic E-state index is 0.0859. The van der Waals surface area contributed by atoms with E-state index in [1.165, 1.54) is 5.06 Å². The van der Waals surface area contributed by atoms with E-state index in [4.69, 9.17) is 4.84 Å². The molecule has 1 N–H and O–H groups in total. The molecule has 1 saturated heterocycles. The third-order valence-corrected chi connectivity index (χ3v) is 3.84. The van der Waals surface area contributed by atoms with Crippen molar-refractivity contribution in [2.24, 2.45) is 5.41 Å². The molecular formula is C12H24N2O2. The topological polar surface area (TPSA) is 41.6 Å². The Labute approximate surface area is 98.3 Å². The summed E-state index contributed by atoms with van der Waals surface area (Å²) in [6, 6.07) is -0.0859. The molecule has 94 valence electrons. The summed E-state index contributed by atoms with van der Waals surface area (Å²) < 4.78 is 0. The van der Waals surface area contributed by atoms with Crippen molar-refractivity contribution in [2.45, 2.75) is 46.5 Å². The fourth-order valence-electron chi connectivity index (χ4n) is 2.08. The van der Waals surface area contributed by atoms with E-state index >= 15 is 0 Å². The summed E-state index contributed by atoms with van der Waals surface area (Å²) in [6.07, 6.45) is 4.23. The van der Waals surface area contributed by atoms with Crippen LogP contribution in [0.25, 0.3) is 0 Å². The molecule has 16 heavy (non-hydrogen) atoms. The van der Waals surface area contributed by atoms with Crippen molar-refractivity contribution < 1.29 is 9.63 Å². The second-order valence-corrected chi connectivity index (χ2v) is 4.51. The van der Waals surface area contributed by atoms with Crippen molar-refractivity contribution in [2.75, 3.05) is 19.7 Å². The molecule has 0 aromatic rings. The van der Waals surface area contributed by atoms with Crippen LogP contribution < -0.4 is 5.32 Å². The summed E-state index contributed by atoms with van der Waals surface area (Å²) in [4.78, 5) is 16.9. The van der Waals surface area contributed by atoms with Crippen molar-refractivity contribution >= 4 is 6.03 Å². The zero-order valence-corrected chi connectivity index (χ0v) is 10.7. The van der Waals surface area contributed by atoms with Crippen molar-refractivity contribution in [3.63, 3.8) is 0 Å². The highest BCUT2D eigenvalue weighted by molar-refractivity contribution is 5.73. The summed E-state index contributed by atoms with van der Waals surface area (Å²) in [5.74, 6) is 0. The van der Waals surface area contributed by atoms with Crippen LogP contribution in [0.15, 0.2) is 0 Å². The molecule has 1 aliphatic heterocycles. The molecular weight excluding hydrogens is 204 g/mol. The van der Waals surface area contributed by atoms with E-state index in [1.54, 1.807) is 0 Å². The van der Waals surface area contributed by atoms with E-state index in [2.05, 4.69) is 26.1 Å². The van der Waals surface area contributed by atoms with Crippen LogP contribution in [0.2, 0.25) is 0 Å². The van der Waals surface area contributed by atoms with Gasteiger partial charge in [0.15, 0.2) is 0 Å². The van der Waals surface area contributed by atoms with Crippen LogP contribution in [-0.4, -0.2) is 30.8 Å². The molecule has 1 fully saturated rings. The van der Waals surface area contributed by atoms with Gasteiger partial charge in [-0.3, -0.25) is 4.84 Å². The molecule has 4 nitrogen and oxygen atoms in total. The molecule has 0 saturated carbocycles. The lowest BCUT2D eigenvalue weighted by Gasteiger charge is -2.31. The molecule has 1 aliphatic rings. The second-order valence-electron chi connectivity index (χ2n) is 4.51.